The largest absolute Gasteiger partial charge is 0.451 e. The van der Waals surface area contributed by atoms with E-state index in [0.29, 0.717) is 0 Å². The number of carbonyl (C=O) groups is 3. The van der Waals surface area contributed by atoms with E-state index in [-0.39, 0.29) is 27.7 Å². The smallest absolute Gasteiger partial charge is 0.359 e. The molecular weight excluding hydrogens is 383 g/mol. The van der Waals surface area contributed by atoms with Crippen molar-refractivity contribution in [2.24, 2.45) is 7.05 Å². The molecule has 0 bridgehead atoms. The number of aromatic nitrogens is 2. The molecule has 0 atom stereocenters. The molecule has 0 aliphatic carbocycles. The first kappa shape index (κ1) is 19.7. The van der Waals surface area contributed by atoms with Gasteiger partial charge in [-0.15, -0.1) is 0 Å². The standard InChI is InChI=1S/C19H15FN4O5/c1-24-17(26)12-7-3-2-6-11(12)16(23-24)18(27)29-10-15(25)22-19(28)21-14-9-5-4-8-13(14)20/h2-9H,10H2,1H3,(H2,21,22,25,28). The van der Waals surface area contributed by atoms with E-state index in [0.717, 1.165) is 10.7 Å². The van der Waals surface area contributed by atoms with Crippen LogP contribution in [-0.4, -0.2) is 34.3 Å². The van der Waals surface area contributed by atoms with E-state index < -0.39 is 30.3 Å². The van der Waals surface area contributed by atoms with Gasteiger partial charge in [0.25, 0.3) is 11.5 Å². The number of hydrogen-bond donors (Lipinski definition) is 2. The van der Waals surface area contributed by atoms with E-state index in [1.54, 1.807) is 12.1 Å². The number of para-hydroxylation sites is 1. The molecule has 29 heavy (non-hydrogen) atoms. The number of carbonyl (C=O) groups excluding carboxylic acids is 3. The van der Waals surface area contributed by atoms with Gasteiger partial charge in [-0.3, -0.25) is 14.9 Å². The monoisotopic (exact) mass is 398 g/mol. The molecule has 3 aromatic rings. The summed E-state index contributed by atoms with van der Waals surface area (Å²) < 4.78 is 19.4. The molecule has 0 spiro atoms. The number of fused-ring (bicyclic) bond motifs is 1. The van der Waals surface area contributed by atoms with Gasteiger partial charge in [-0.2, -0.15) is 5.10 Å². The Bertz CT molecular complexity index is 1170. The Morgan fingerprint density at radius 3 is 2.45 bits per heavy atom. The second-order valence-electron chi connectivity index (χ2n) is 5.88. The van der Waals surface area contributed by atoms with Crippen LogP contribution in [0, 0.1) is 5.82 Å². The van der Waals surface area contributed by atoms with E-state index in [9.17, 15) is 23.6 Å². The van der Waals surface area contributed by atoms with Crippen molar-refractivity contribution in [2.45, 2.75) is 0 Å². The summed E-state index contributed by atoms with van der Waals surface area (Å²) in [5.41, 5.74) is -0.651. The SMILES string of the molecule is Cn1nc(C(=O)OCC(=O)NC(=O)Nc2ccccc2F)c2ccccc2c1=O. The summed E-state index contributed by atoms with van der Waals surface area (Å²) in [6, 6.07) is 10.8. The molecule has 0 aliphatic rings. The number of urea groups is 1. The van der Waals surface area contributed by atoms with Gasteiger partial charge in [-0.05, 0) is 18.2 Å². The van der Waals surface area contributed by atoms with Crippen LogP contribution in [-0.2, 0) is 16.6 Å². The molecule has 2 aromatic carbocycles. The zero-order valence-electron chi connectivity index (χ0n) is 15.1. The van der Waals surface area contributed by atoms with Crippen molar-refractivity contribution in [1.29, 1.82) is 0 Å². The molecule has 0 saturated carbocycles. The lowest BCUT2D eigenvalue weighted by molar-refractivity contribution is -0.123. The van der Waals surface area contributed by atoms with Crippen LogP contribution in [0.4, 0.5) is 14.9 Å². The Balaban J connectivity index is 1.64. The molecule has 3 rings (SSSR count). The van der Waals surface area contributed by atoms with E-state index >= 15 is 0 Å². The van der Waals surface area contributed by atoms with Gasteiger partial charge >= 0.3 is 12.0 Å². The van der Waals surface area contributed by atoms with Crippen molar-refractivity contribution in [3.8, 4) is 0 Å². The van der Waals surface area contributed by atoms with Gasteiger partial charge in [0.05, 0.1) is 11.1 Å². The number of anilines is 1. The van der Waals surface area contributed by atoms with Gasteiger partial charge in [-0.1, -0.05) is 30.3 Å². The molecule has 9 nitrogen and oxygen atoms in total. The fraction of sp³-hybridized carbons (Fsp3) is 0.105. The van der Waals surface area contributed by atoms with Crippen LogP contribution < -0.4 is 16.2 Å². The van der Waals surface area contributed by atoms with Crippen LogP contribution in [0.3, 0.4) is 0 Å². The average molecular weight is 398 g/mol. The highest BCUT2D eigenvalue weighted by Gasteiger charge is 2.19. The van der Waals surface area contributed by atoms with E-state index in [4.69, 9.17) is 4.74 Å². The number of amides is 3. The first-order chi connectivity index (χ1) is 13.9. The van der Waals surface area contributed by atoms with E-state index in [1.165, 1.54) is 37.4 Å². The molecule has 148 valence electrons. The van der Waals surface area contributed by atoms with Gasteiger partial charge in [0, 0.05) is 12.4 Å². The van der Waals surface area contributed by atoms with Crippen LogP contribution >= 0.6 is 0 Å². The Morgan fingerprint density at radius 2 is 1.72 bits per heavy atom. The molecule has 1 heterocycles. The van der Waals surface area contributed by atoms with Crippen molar-refractivity contribution in [2.75, 3.05) is 11.9 Å². The highest BCUT2D eigenvalue weighted by Crippen LogP contribution is 2.14. The molecule has 0 radical (unpaired) electrons. The minimum atomic E-state index is -0.984. The van der Waals surface area contributed by atoms with Crippen molar-refractivity contribution in [1.82, 2.24) is 15.1 Å². The summed E-state index contributed by atoms with van der Waals surface area (Å²) >= 11 is 0. The van der Waals surface area contributed by atoms with Crippen molar-refractivity contribution < 1.29 is 23.5 Å². The summed E-state index contributed by atoms with van der Waals surface area (Å²) in [4.78, 5) is 48.0. The Hall–Kier alpha value is -4.08. The summed E-state index contributed by atoms with van der Waals surface area (Å²) in [7, 11) is 1.38. The number of nitrogens with one attached hydrogen (secondary N) is 2. The zero-order chi connectivity index (χ0) is 21.0. The third-order valence-electron chi connectivity index (χ3n) is 3.86. The Labute approximate surface area is 163 Å². The normalized spacial score (nSPS) is 10.4. The van der Waals surface area contributed by atoms with Gasteiger partial charge in [0.15, 0.2) is 12.3 Å². The molecule has 1 aromatic heterocycles. The molecule has 0 fully saturated rings. The molecule has 0 saturated heterocycles. The first-order valence-corrected chi connectivity index (χ1v) is 8.35. The lowest BCUT2D eigenvalue weighted by Gasteiger charge is -2.09. The lowest BCUT2D eigenvalue weighted by Crippen LogP contribution is -2.37. The summed E-state index contributed by atoms with van der Waals surface area (Å²) in [5.74, 6) is -2.54. The minimum absolute atomic E-state index is 0.115. The minimum Gasteiger partial charge on any atom is -0.451 e. The maximum Gasteiger partial charge on any atom is 0.359 e. The molecule has 2 N–H and O–H groups in total. The fourth-order valence-electron chi connectivity index (χ4n) is 2.53. The number of nitrogens with zero attached hydrogens (tertiary/aromatic N) is 2. The Kier molecular flexibility index (Phi) is 5.63. The van der Waals surface area contributed by atoms with Crippen LogP contribution in [0.5, 0.6) is 0 Å². The summed E-state index contributed by atoms with van der Waals surface area (Å²) in [6.45, 7) is -0.775. The van der Waals surface area contributed by atoms with Crippen LogP contribution in [0.2, 0.25) is 0 Å². The number of ether oxygens (including phenoxy) is 1. The predicted molar refractivity (Wildman–Crippen MR) is 101 cm³/mol. The molecular formula is C19H15FN4O5. The number of aryl methyl sites for hydroxylation is 1. The zero-order valence-corrected chi connectivity index (χ0v) is 15.1. The Morgan fingerprint density at radius 1 is 1.07 bits per heavy atom. The number of hydrogen-bond acceptors (Lipinski definition) is 6. The van der Waals surface area contributed by atoms with Crippen LogP contribution in [0.25, 0.3) is 10.8 Å². The van der Waals surface area contributed by atoms with Crippen LogP contribution in [0.15, 0.2) is 53.3 Å². The molecule has 0 unspecified atom stereocenters. The first-order valence-electron chi connectivity index (χ1n) is 8.35. The van der Waals surface area contributed by atoms with Crippen LogP contribution in [0.1, 0.15) is 10.5 Å². The quantitative estimate of drug-likeness (QED) is 0.644. The third kappa shape index (κ3) is 4.43. The van der Waals surface area contributed by atoms with E-state index in [2.05, 4.69) is 10.4 Å². The highest BCUT2D eigenvalue weighted by atomic mass is 19.1. The lowest BCUT2D eigenvalue weighted by atomic mass is 10.1. The maximum atomic E-state index is 13.5. The van der Waals surface area contributed by atoms with Crippen molar-refractivity contribution in [3.63, 3.8) is 0 Å². The molecule has 10 heteroatoms. The maximum absolute atomic E-state index is 13.5. The van der Waals surface area contributed by atoms with Crippen molar-refractivity contribution >= 4 is 34.4 Å². The summed E-state index contributed by atoms with van der Waals surface area (Å²) in [5, 5.41) is 8.50. The van der Waals surface area contributed by atoms with Gasteiger partial charge in [0.1, 0.15) is 5.82 Å². The van der Waals surface area contributed by atoms with Gasteiger partial charge < -0.3 is 10.1 Å². The number of imide groups is 1. The molecule has 3 amide bonds. The number of halogens is 1. The van der Waals surface area contributed by atoms with E-state index in [1.807, 2.05) is 5.32 Å². The predicted octanol–water partition coefficient (Wildman–Crippen LogP) is 1.58. The summed E-state index contributed by atoms with van der Waals surface area (Å²) in [6.07, 6.45) is 0. The number of benzene rings is 2. The van der Waals surface area contributed by atoms with Crippen molar-refractivity contribution in [3.05, 3.63) is 70.4 Å². The average Bonchev–Trinajstić information content (AvgIpc) is 2.70. The highest BCUT2D eigenvalue weighted by molar-refractivity contribution is 6.04. The van der Waals surface area contributed by atoms with Gasteiger partial charge in [0.2, 0.25) is 0 Å². The topological polar surface area (TPSA) is 119 Å². The fourth-order valence-corrected chi connectivity index (χ4v) is 2.53. The third-order valence-corrected chi connectivity index (χ3v) is 3.86. The number of esters is 1. The second-order valence-corrected chi connectivity index (χ2v) is 5.88. The number of rotatable bonds is 4. The second kappa shape index (κ2) is 8.30. The van der Waals surface area contributed by atoms with Gasteiger partial charge in [-0.25, -0.2) is 18.7 Å². The molecule has 0 aliphatic heterocycles.